The molecule has 0 aliphatic carbocycles. The van der Waals surface area contributed by atoms with Gasteiger partial charge in [-0.3, -0.25) is 0 Å². The Hall–Kier alpha value is -1.83. The highest BCUT2D eigenvalue weighted by molar-refractivity contribution is 7.08. The zero-order chi connectivity index (χ0) is 14.5. The molecule has 0 atom stereocenters. The molecular weight excluding hydrogens is 296 g/mol. The molecule has 0 saturated carbocycles. The van der Waals surface area contributed by atoms with Crippen molar-refractivity contribution < 1.29 is 0 Å². The molecule has 104 valence electrons. The van der Waals surface area contributed by atoms with Crippen molar-refractivity contribution in [1.29, 1.82) is 0 Å². The normalized spacial score (nSPS) is 11.1. The van der Waals surface area contributed by atoms with Gasteiger partial charge in [-0.05, 0) is 50.7 Å². The van der Waals surface area contributed by atoms with E-state index in [0.717, 1.165) is 5.56 Å². The van der Waals surface area contributed by atoms with Crippen LogP contribution < -0.4 is 0 Å². The SMILES string of the molecule is ClCc1cccc(C=Cc2cccc(-c3ccsc3)c2)c1. The molecule has 2 heteroatoms. The van der Waals surface area contributed by atoms with Gasteiger partial charge in [0, 0.05) is 5.88 Å². The Labute approximate surface area is 134 Å². The lowest BCUT2D eigenvalue weighted by Gasteiger charge is -2.01. The summed E-state index contributed by atoms with van der Waals surface area (Å²) in [5.41, 5.74) is 6.06. The Morgan fingerprint density at radius 2 is 1.62 bits per heavy atom. The Balaban J connectivity index is 1.84. The van der Waals surface area contributed by atoms with Crippen molar-refractivity contribution in [2.24, 2.45) is 0 Å². The molecule has 0 spiro atoms. The monoisotopic (exact) mass is 310 g/mol. The fourth-order valence-corrected chi connectivity index (χ4v) is 3.05. The Morgan fingerprint density at radius 1 is 0.857 bits per heavy atom. The summed E-state index contributed by atoms with van der Waals surface area (Å²) in [5.74, 6) is 0.551. The average Bonchev–Trinajstić information content (AvgIpc) is 3.08. The van der Waals surface area contributed by atoms with E-state index in [0.29, 0.717) is 5.88 Å². The fraction of sp³-hybridized carbons (Fsp3) is 0.0526. The number of rotatable bonds is 4. The van der Waals surface area contributed by atoms with Crippen molar-refractivity contribution in [3.8, 4) is 11.1 Å². The van der Waals surface area contributed by atoms with E-state index in [2.05, 4.69) is 65.4 Å². The van der Waals surface area contributed by atoms with Crippen LogP contribution in [0.2, 0.25) is 0 Å². The number of hydrogen-bond acceptors (Lipinski definition) is 1. The van der Waals surface area contributed by atoms with Gasteiger partial charge in [-0.15, -0.1) is 11.6 Å². The number of benzene rings is 2. The van der Waals surface area contributed by atoms with Gasteiger partial charge in [-0.1, -0.05) is 54.6 Å². The molecule has 0 N–H and O–H groups in total. The van der Waals surface area contributed by atoms with E-state index in [-0.39, 0.29) is 0 Å². The summed E-state index contributed by atoms with van der Waals surface area (Å²) in [6.45, 7) is 0. The zero-order valence-corrected chi connectivity index (χ0v) is 13.1. The first kappa shape index (κ1) is 14.1. The minimum atomic E-state index is 0.551. The molecule has 0 saturated heterocycles. The van der Waals surface area contributed by atoms with Gasteiger partial charge in [0.1, 0.15) is 0 Å². The van der Waals surface area contributed by atoms with Gasteiger partial charge in [0.25, 0.3) is 0 Å². The molecule has 0 radical (unpaired) electrons. The quantitative estimate of drug-likeness (QED) is 0.390. The molecule has 2 aromatic carbocycles. The van der Waals surface area contributed by atoms with Crippen molar-refractivity contribution in [2.45, 2.75) is 5.88 Å². The summed E-state index contributed by atoms with van der Waals surface area (Å²) in [5, 5.41) is 4.28. The molecule has 0 bridgehead atoms. The highest BCUT2D eigenvalue weighted by Gasteiger charge is 1.98. The van der Waals surface area contributed by atoms with Gasteiger partial charge < -0.3 is 0 Å². The molecule has 3 rings (SSSR count). The van der Waals surface area contributed by atoms with Gasteiger partial charge in [0.05, 0.1) is 0 Å². The molecule has 0 fully saturated rings. The van der Waals surface area contributed by atoms with Crippen LogP contribution in [0.3, 0.4) is 0 Å². The van der Waals surface area contributed by atoms with E-state index in [9.17, 15) is 0 Å². The summed E-state index contributed by atoms with van der Waals surface area (Å²) < 4.78 is 0. The van der Waals surface area contributed by atoms with E-state index in [4.69, 9.17) is 11.6 Å². The van der Waals surface area contributed by atoms with Crippen LogP contribution >= 0.6 is 22.9 Å². The summed E-state index contributed by atoms with van der Waals surface area (Å²) in [4.78, 5) is 0. The van der Waals surface area contributed by atoms with Gasteiger partial charge in [0.2, 0.25) is 0 Å². The molecule has 0 amide bonds. The maximum atomic E-state index is 5.87. The second kappa shape index (κ2) is 6.75. The predicted molar refractivity (Wildman–Crippen MR) is 94.7 cm³/mol. The van der Waals surface area contributed by atoms with E-state index in [1.165, 1.54) is 22.3 Å². The first-order valence-corrected chi connectivity index (χ1v) is 8.28. The third kappa shape index (κ3) is 3.63. The van der Waals surface area contributed by atoms with Gasteiger partial charge in [-0.2, -0.15) is 11.3 Å². The molecule has 3 aromatic rings. The molecule has 0 aliphatic heterocycles. The fourth-order valence-electron chi connectivity index (χ4n) is 2.22. The third-order valence-electron chi connectivity index (χ3n) is 3.31. The number of hydrogen-bond donors (Lipinski definition) is 0. The molecule has 21 heavy (non-hydrogen) atoms. The van der Waals surface area contributed by atoms with Gasteiger partial charge >= 0.3 is 0 Å². The minimum Gasteiger partial charge on any atom is -0.152 e. The highest BCUT2D eigenvalue weighted by Crippen LogP contribution is 2.23. The molecule has 0 unspecified atom stereocenters. The molecule has 1 aromatic heterocycles. The Bertz CT molecular complexity index is 742. The smallest absolute Gasteiger partial charge is 0.0474 e. The summed E-state index contributed by atoms with van der Waals surface area (Å²) in [6.07, 6.45) is 4.27. The third-order valence-corrected chi connectivity index (χ3v) is 4.31. The van der Waals surface area contributed by atoms with Crippen molar-refractivity contribution in [1.82, 2.24) is 0 Å². The number of alkyl halides is 1. The van der Waals surface area contributed by atoms with Crippen molar-refractivity contribution in [3.05, 3.63) is 82.0 Å². The van der Waals surface area contributed by atoms with Crippen LogP contribution in [0.15, 0.2) is 65.4 Å². The lowest BCUT2D eigenvalue weighted by atomic mass is 10.0. The van der Waals surface area contributed by atoms with Crippen molar-refractivity contribution in [3.63, 3.8) is 0 Å². The molecular formula is C19H15ClS. The maximum absolute atomic E-state index is 5.87. The van der Waals surface area contributed by atoms with E-state index < -0.39 is 0 Å². The second-order valence-corrected chi connectivity index (χ2v) is 5.90. The van der Waals surface area contributed by atoms with E-state index in [1.807, 2.05) is 12.1 Å². The Morgan fingerprint density at radius 3 is 2.33 bits per heavy atom. The lowest BCUT2D eigenvalue weighted by molar-refractivity contribution is 1.39. The predicted octanol–water partition coefficient (Wildman–Crippen LogP) is 6.32. The zero-order valence-electron chi connectivity index (χ0n) is 11.5. The summed E-state index contributed by atoms with van der Waals surface area (Å²) in [6, 6.07) is 19.0. The first-order chi connectivity index (χ1) is 10.3. The largest absolute Gasteiger partial charge is 0.152 e. The van der Waals surface area contributed by atoms with Crippen LogP contribution in [0.25, 0.3) is 23.3 Å². The van der Waals surface area contributed by atoms with Crippen LogP contribution in [0.4, 0.5) is 0 Å². The van der Waals surface area contributed by atoms with Crippen LogP contribution in [-0.2, 0) is 5.88 Å². The van der Waals surface area contributed by atoms with Crippen LogP contribution in [-0.4, -0.2) is 0 Å². The van der Waals surface area contributed by atoms with E-state index in [1.54, 1.807) is 11.3 Å². The first-order valence-electron chi connectivity index (χ1n) is 6.81. The minimum absolute atomic E-state index is 0.551. The number of thiophene rings is 1. The Kier molecular flexibility index (Phi) is 4.54. The van der Waals surface area contributed by atoms with Crippen molar-refractivity contribution >= 4 is 35.1 Å². The van der Waals surface area contributed by atoms with Gasteiger partial charge in [0.15, 0.2) is 0 Å². The summed E-state index contributed by atoms with van der Waals surface area (Å²) in [7, 11) is 0. The van der Waals surface area contributed by atoms with E-state index >= 15 is 0 Å². The van der Waals surface area contributed by atoms with Crippen LogP contribution in [0.1, 0.15) is 16.7 Å². The number of halogens is 1. The van der Waals surface area contributed by atoms with Crippen molar-refractivity contribution in [2.75, 3.05) is 0 Å². The van der Waals surface area contributed by atoms with Crippen LogP contribution in [0.5, 0.6) is 0 Å². The highest BCUT2D eigenvalue weighted by atomic mass is 35.5. The standard InChI is InChI=1S/C19H15ClS/c20-13-17-5-1-3-15(11-17)7-8-16-4-2-6-18(12-16)19-9-10-21-14-19/h1-12,14H,13H2. The molecule has 0 aliphatic rings. The molecule has 1 heterocycles. The van der Waals surface area contributed by atoms with Gasteiger partial charge in [-0.25, -0.2) is 0 Å². The topological polar surface area (TPSA) is 0 Å². The summed E-state index contributed by atoms with van der Waals surface area (Å²) >= 11 is 7.59. The maximum Gasteiger partial charge on any atom is 0.0474 e. The van der Waals surface area contributed by atoms with Crippen LogP contribution in [0, 0.1) is 0 Å². The molecule has 0 nitrogen and oxygen atoms in total. The average molecular weight is 311 g/mol. The second-order valence-electron chi connectivity index (χ2n) is 4.85. The lowest BCUT2D eigenvalue weighted by Crippen LogP contribution is -1.79.